The minimum atomic E-state index is -0.374. The molecule has 2 heterocycles. The van der Waals surface area contributed by atoms with Crippen LogP contribution < -0.4 is 10.6 Å². The minimum absolute atomic E-state index is 0.0152. The second-order valence-corrected chi connectivity index (χ2v) is 10.2. The van der Waals surface area contributed by atoms with Gasteiger partial charge in [-0.1, -0.05) is 38.5 Å². The first-order valence-electron chi connectivity index (χ1n) is 10.4. The summed E-state index contributed by atoms with van der Waals surface area (Å²) in [6.07, 6.45) is 2.11. The Morgan fingerprint density at radius 3 is 2.43 bits per heavy atom. The smallest absolute Gasteiger partial charge is 0.161 e. The van der Waals surface area contributed by atoms with E-state index in [-0.39, 0.29) is 17.1 Å². The van der Waals surface area contributed by atoms with E-state index in [9.17, 15) is 10.1 Å². The van der Waals surface area contributed by atoms with Crippen LogP contribution in [0.3, 0.4) is 0 Å². The van der Waals surface area contributed by atoms with Crippen molar-refractivity contribution in [2.24, 2.45) is 5.73 Å². The highest BCUT2D eigenvalue weighted by Crippen LogP contribution is 2.48. The number of thiophene rings is 1. The first kappa shape index (κ1) is 20.4. The Balaban J connectivity index is 1.92. The number of carbonyl (C=O) groups excluding carboxylic acids is 1. The summed E-state index contributed by atoms with van der Waals surface area (Å²) < 4.78 is 0. The van der Waals surface area contributed by atoms with Crippen LogP contribution in [0.2, 0.25) is 0 Å². The molecule has 2 N–H and O–H groups in total. The van der Waals surface area contributed by atoms with E-state index in [4.69, 9.17) is 5.73 Å². The summed E-state index contributed by atoms with van der Waals surface area (Å²) in [5.74, 6) is 0.190. The summed E-state index contributed by atoms with van der Waals surface area (Å²) >= 11 is 1.68. The molecule has 0 saturated carbocycles. The van der Waals surface area contributed by atoms with Gasteiger partial charge in [0.05, 0.1) is 17.6 Å². The molecule has 1 aliphatic heterocycles. The number of rotatable bonds is 2. The average Bonchev–Trinajstić information content (AvgIpc) is 3.19. The molecule has 1 aromatic carbocycles. The fraction of sp³-hybridized carbons (Fsp3) is 0.360. The molecule has 2 aromatic rings. The zero-order chi connectivity index (χ0) is 21.6. The Bertz CT molecular complexity index is 1110. The number of nitrogens with two attached hydrogens (primary N) is 1. The van der Waals surface area contributed by atoms with E-state index in [2.05, 4.69) is 39.0 Å². The molecular weight excluding hydrogens is 390 g/mol. The highest BCUT2D eigenvalue weighted by atomic mass is 32.1. The van der Waals surface area contributed by atoms with Crippen LogP contribution in [0.25, 0.3) is 0 Å². The van der Waals surface area contributed by atoms with Crippen molar-refractivity contribution in [3.63, 3.8) is 0 Å². The van der Waals surface area contributed by atoms with E-state index >= 15 is 0 Å². The second kappa shape index (κ2) is 7.45. The van der Waals surface area contributed by atoms with Gasteiger partial charge < -0.3 is 5.73 Å². The number of nitriles is 1. The number of hydrogen-bond acceptors (Lipinski definition) is 5. The largest absolute Gasteiger partial charge is 0.384 e. The second-order valence-electron chi connectivity index (χ2n) is 9.10. The summed E-state index contributed by atoms with van der Waals surface area (Å²) in [6.45, 7) is 8.56. The summed E-state index contributed by atoms with van der Waals surface area (Å²) in [5, 5.41) is 10.1. The first-order valence-corrected chi connectivity index (χ1v) is 11.2. The van der Waals surface area contributed by atoms with Crippen LogP contribution in [0.15, 0.2) is 59.1 Å². The van der Waals surface area contributed by atoms with Gasteiger partial charge in [0.25, 0.3) is 0 Å². The third kappa shape index (κ3) is 3.36. The van der Waals surface area contributed by atoms with Gasteiger partial charge in [-0.15, -0.1) is 11.3 Å². The third-order valence-electron chi connectivity index (χ3n) is 5.86. The van der Waals surface area contributed by atoms with E-state index in [0.717, 1.165) is 40.2 Å². The Labute approximate surface area is 182 Å². The molecule has 5 heteroatoms. The molecule has 0 amide bonds. The monoisotopic (exact) mass is 417 g/mol. The van der Waals surface area contributed by atoms with E-state index in [1.807, 2.05) is 36.1 Å². The lowest BCUT2D eigenvalue weighted by atomic mass is 9.78. The maximum Gasteiger partial charge on any atom is 0.161 e. The Kier molecular flexibility index (Phi) is 5.07. The summed E-state index contributed by atoms with van der Waals surface area (Å²) in [6, 6.07) is 14.6. The van der Waals surface area contributed by atoms with Crippen molar-refractivity contribution in [1.29, 1.82) is 5.26 Å². The predicted molar refractivity (Wildman–Crippen MR) is 122 cm³/mol. The van der Waals surface area contributed by atoms with Crippen molar-refractivity contribution in [3.8, 4) is 6.07 Å². The molecule has 4 rings (SSSR count). The molecule has 1 aromatic heterocycles. The number of ketones is 1. The Morgan fingerprint density at radius 1 is 1.13 bits per heavy atom. The minimum Gasteiger partial charge on any atom is -0.384 e. The standard InChI is InChI=1S/C25H27N3OS/c1-15-8-10-16(11-9-15)28-18-6-5-7-19(29)23(18)22(17(14-26)24(28)27)20-12-13-21(30-20)25(2,3)4/h8-13,22H,5-7,27H2,1-4H3. The lowest BCUT2D eigenvalue weighted by molar-refractivity contribution is -0.116. The summed E-state index contributed by atoms with van der Waals surface area (Å²) in [5.41, 5.74) is 10.8. The predicted octanol–water partition coefficient (Wildman–Crippen LogP) is 5.66. The van der Waals surface area contributed by atoms with E-state index in [0.29, 0.717) is 17.8 Å². The molecule has 1 unspecified atom stereocenters. The number of aryl methyl sites for hydroxylation is 1. The third-order valence-corrected chi connectivity index (χ3v) is 7.43. The molecule has 30 heavy (non-hydrogen) atoms. The topological polar surface area (TPSA) is 70.1 Å². The average molecular weight is 418 g/mol. The normalized spacial score (nSPS) is 19.8. The number of nitrogens with zero attached hydrogens (tertiary/aromatic N) is 2. The van der Waals surface area contributed by atoms with Gasteiger partial charge >= 0.3 is 0 Å². The van der Waals surface area contributed by atoms with Crippen LogP contribution >= 0.6 is 11.3 Å². The molecule has 0 radical (unpaired) electrons. The number of carbonyl (C=O) groups is 1. The van der Waals surface area contributed by atoms with Crippen LogP contribution in [0.1, 0.15) is 61.3 Å². The van der Waals surface area contributed by atoms with Crippen LogP contribution in [0, 0.1) is 18.3 Å². The molecule has 0 saturated heterocycles. The van der Waals surface area contributed by atoms with Gasteiger partial charge in [0.1, 0.15) is 5.82 Å². The fourth-order valence-electron chi connectivity index (χ4n) is 4.27. The maximum absolute atomic E-state index is 13.2. The molecule has 4 nitrogen and oxygen atoms in total. The SMILES string of the molecule is Cc1ccc(N2C(N)=C(C#N)C(c3ccc(C(C)(C)C)s3)C3=C2CCCC3=O)cc1. The van der Waals surface area contributed by atoms with Gasteiger partial charge in [0.15, 0.2) is 5.78 Å². The molecular formula is C25H27N3OS. The molecule has 154 valence electrons. The fourth-order valence-corrected chi connectivity index (χ4v) is 5.46. The molecule has 1 atom stereocenters. The zero-order valence-corrected chi connectivity index (χ0v) is 18.8. The van der Waals surface area contributed by atoms with Crippen LogP contribution in [0.5, 0.6) is 0 Å². The lowest BCUT2D eigenvalue weighted by Gasteiger charge is -2.39. The van der Waals surface area contributed by atoms with Crippen molar-refractivity contribution >= 4 is 22.8 Å². The van der Waals surface area contributed by atoms with Crippen LogP contribution in [0.4, 0.5) is 5.69 Å². The van der Waals surface area contributed by atoms with Gasteiger partial charge in [-0.2, -0.15) is 5.26 Å². The quantitative estimate of drug-likeness (QED) is 0.684. The first-order chi connectivity index (χ1) is 14.2. The van der Waals surface area contributed by atoms with Crippen LogP contribution in [-0.2, 0) is 10.2 Å². The van der Waals surface area contributed by atoms with Gasteiger partial charge in [-0.3, -0.25) is 9.69 Å². The number of benzene rings is 1. The Hall–Kier alpha value is -2.84. The lowest BCUT2D eigenvalue weighted by Crippen LogP contribution is -2.38. The van der Waals surface area contributed by atoms with Crippen molar-refractivity contribution in [2.75, 3.05) is 4.90 Å². The number of allylic oxidation sites excluding steroid dienone is 3. The summed E-state index contributed by atoms with van der Waals surface area (Å²) in [4.78, 5) is 17.3. The van der Waals surface area contributed by atoms with Gasteiger partial charge in [-0.05, 0) is 49.4 Å². The van der Waals surface area contributed by atoms with Crippen molar-refractivity contribution in [1.82, 2.24) is 0 Å². The van der Waals surface area contributed by atoms with Crippen LogP contribution in [-0.4, -0.2) is 5.78 Å². The zero-order valence-electron chi connectivity index (χ0n) is 18.0. The summed E-state index contributed by atoms with van der Waals surface area (Å²) in [7, 11) is 0. The van der Waals surface area contributed by atoms with E-state index in [1.54, 1.807) is 11.3 Å². The molecule has 0 bridgehead atoms. The maximum atomic E-state index is 13.2. The molecule has 0 fully saturated rings. The molecule has 1 aliphatic carbocycles. The van der Waals surface area contributed by atoms with E-state index < -0.39 is 0 Å². The molecule has 0 spiro atoms. The van der Waals surface area contributed by atoms with Gasteiger partial charge in [0, 0.05) is 33.1 Å². The van der Waals surface area contributed by atoms with Crippen molar-refractivity contribution in [2.45, 2.75) is 58.3 Å². The number of Topliss-reactive ketones (excluding diaryl/α,β-unsaturated/α-hetero) is 1. The van der Waals surface area contributed by atoms with E-state index in [1.165, 1.54) is 4.88 Å². The van der Waals surface area contributed by atoms with Crippen molar-refractivity contribution < 1.29 is 4.79 Å². The highest BCUT2D eigenvalue weighted by molar-refractivity contribution is 7.12. The number of anilines is 1. The van der Waals surface area contributed by atoms with Crippen molar-refractivity contribution in [3.05, 3.63) is 74.4 Å². The Morgan fingerprint density at radius 2 is 1.83 bits per heavy atom. The van der Waals surface area contributed by atoms with Gasteiger partial charge in [0.2, 0.25) is 0 Å². The number of hydrogen-bond donors (Lipinski definition) is 1. The molecule has 2 aliphatic rings. The highest BCUT2D eigenvalue weighted by Gasteiger charge is 2.41. The van der Waals surface area contributed by atoms with Gasteiger partial charge in [-0.25, -0.2) is 0 Å².